The van der Waals surface area contributed by atoms with Gasteiger partial charge in [-0.2, -0.15) is 0 Å². The third-order valence-corrected chi connectivity index (χ3v) is 4.77. The highest BCUT2D eigenvalue weighted by atomic mass is 32.2. The van der Waals surface area contributed by atoms with Gasteiger partial charge in [0.25, 0.3) is 11.8 Å². The number of fused-ring (bicyclic) bond motifs is 1. The molecular weight excluding hydrogens is 336 g/mol. The first-order chi connectivity index (χ1) is 12.0. The first kappa shape index (κ1) is 17.2. The van der Waals surface area contributed by atoms with Gasteiger partial charge in [0.05, 0.1) is 11.1 Å². The molecule has 1 N–H and O–H groups in total. The lowest BCUT2D eigenvalue weighted by Gasteiger charge is -2.13. The lowest BCUT2D eigenvalue weighted by Crippen LogP contribution is -2.32. The fourth-order valence-electron chi connectivity index (χ4n) is 2.75. The predicted octanol–water partition coefficient (Wildman–Crippen LogP) is 3.34. The summed E-state index contributed by atoms with van der Waals surface area (Å²) in [4.78, 5) is 39.1. The van der Waals surface area contributed by atoms with Crippen LogP contribution in [0.3, 0.4) is 0 Å². The Morgan fingerprint density at radius 3 is 2.60 bits per heavy atom. The summed E-state index contributed by atoms with van der Waals surface area (Å²) in [6.45, 7) is 1.94. The van der Waals surface area contributed by atoms with E-state index >= 15 is 0 Å². The SMILES string of the molecule is CSc1cccc(NC(=O)CCN2C(=O)c3ccc(C)cc3C2=O)c1. The molecule has 2 aromatic rings. The summed E-state index contributed by atoms with van der Waals surface area (Å²) in [5.41, 5.74) is 2.45. The van der Waals surface area contributed by atoms with E-state index in [2.05, 4.69) is 5.32 Å². The Balaban J connectivity index is 1.63. The topological polar surface area (TPSA) is 66.5 Å². The third-order valence-electron chi connectivity index (χ3n) is 4.04. The van der Waals surface area contributed by atoms with E-state index in [0.717, 1.165) is 15.4 Å². The van der Waals surface area contributed by atoms with E-state index in [1.54, 1.807) is 30.0 Å². The number of thioether (sulfide) groups is 1. The highest BCUT2D eigenvalue weighted by Crippen LogP contribution is 2.24. The summed E-state index contributed by atoms with van der Waals surface area (Å²) in [5.74, 6) is -0.899. The molecule has 6 heteroatoms. The summed E-state index contributed by atoms with van der Waals surface area (Å²) >= 11 is 1.59. The van der Waals surface area contributed by atoms with Gasteiger partial charge in [-0.25, -0.2) is 0 Å². The van der Waals surface area contributed by atoms with Crippen molar-refractivity contribution in [2.24, 2.45) is 0 Å². The second kappa shape index (κ2) is 7.11. The number of benzene rings is 2. The Morgan fingerprint density at radius 2 is 1.84 bits per heavy atom. The van der Waals surface area contributed by atoms with Gasteiger partial charge in [-0.05, 0) is 43.5 Å². The lowest BCUT2D eigenvalue weighted by molar-refractivity contribution is -0.116. The maximum Gasteiger partial charge on any atom is 0.261 e. The normalized spacial score (nSPS) is 13.1. The summed E-state index contributed by atoms with van der Waals surface area (Å²) in [6, 6.07) is 12.7. The van der Waals surface area contributed by atoms with Crippen molar-refractivity contribution in [3.63, 3.8) is 0 Å². The van der Waals surface area contributed by atoms with Gasteiger partial charge in [0.15, 0.2) is 0 Å². The van der Waals surface area contributed by atoms with E-state index < -0.39 is 0 Å². The number of imide groups is 1. The van der Waals surface area contributed by atoms with Crippen LogP contribution < -0.4 is 5.32 Å². The monoisotopic (exact) mass is 354 g/mol. The molecule has 0 aromatic heterocycles. The van der Waals surface area contributed by atoms with Gasteiger partial charge in [0, 0.05) is 23.5 Å². The number of rotatable bonds is 5. The summed E-state index contributed by atoms with van der Waals surface area (Å²) in [6.07, 6.45) is 2.03. The molecule has 0 saturated carbocycles. The predicted molar refractivity (Wildman–Crippen MR) is 98.0 cm³/mol. The van der Waals surface area contributed by atoms with Gasteiger partial charge in [-0.3, -0.25) is 19.3 Å². The molecule has 1 heterocycles. The minimum Gasteiger partial charge on any atom is -0.326 e. The average molecular weight is 354 g/mol. The van der Waals surface area contributed by atoms with Gasteiger partial charge < -0.3 is 5.32 Å². The number of amides is 3. The molecule has 5 nitrogen and oxygen atoms in total. The van der Waals surface area contributed by atoms with Crippen molar-refractivity contribution >= 4 is 35.2 Å². The zero-order valence-electron chi connectivity index (χ0n) is 14.0. The molecule has 2 aromatic carbocycles. The number of anilines is 1. The molecule has 0 bridgehead atoms. The summed E-state index contributed by atoms with van der Waals surface area (Å²) in [7, 11) is 0. The van der Waals surface area contributed by atoms with Gasteiger partial charge in [0.1, 0.15) is 0 Å². The molecule has 0 saturated heterocycles. The van der Waals surface area contributed by atoms with Crippen LogP contribution in [0.2, 0.25) is 0 Å². The molecule has 0 unspecified atom stereocenters. The number of carbonyl (C=O) groups is 3. The van der Waals surface area contributed by atoms with Gasteiger partial charge in [-0.1, -0.05) is 17.7 Å². The molecule has 128 valence electrons. The van der Waals surface area contributed by atoms with Crippen molar-refractivity contribution in [3.05, 3.63) is 59.2 Å². The van der Waals surface area contributed by atoms with Crippen LogP contribution in [0.4, 0.5) is 5.69 Å². The van der Waals surface area contributed by atoms with E-state index in [-0.39, 0.29) is 30.7 Å². The summed E-state index contributed by atoms with van der Waals surface area (Å²) in [5, 5.41) is 2.80. The molecule has 0 fully saturated rings. The van der Waals surface area contributed by atoms with Crippen LogP contribution in [-0.4, -0.2) is 35.4 Å². The average Bonchev–Trinajstić information content (AvgIpc) is 2.83. The fraction of sp³-hybridized carbons (Fsp3) is 0.211. The van der Waals surface area contributed by atoms with Gasteiger partial charge in [-0.15, -0.1) is 11.8 Å². The van der Waals surface area contributed by atoms with E-state index in [0.29, 0.717) is 16.8 Å². The Bertz CT molecular complexity index is 863. The first-order valence-electron chi connectivity index (χ1n) is 7.90. The smallest absolute Gasteiger partial charge is 0.261 e. The molecular formula is C19H18N2O3S. The zero-order valence-corrected chi connectivity index (χ0v) is 14.9. The largest absolute Gasteiger partial charge is 0.326 e. The minimum atomic E-state index is -0.336. The van der Waals surface area contributed by atoms with Crippen LogP contribution in [0.25, 0.3) is 0 Å². The molecule has 3 rings (SSSR count). The number of aryl methyl sites for hydroxylation is 1. The molecule has 0 aliphatic carbocycles. The quantitative estimate of drug-likeness (QED) is 0.661. The molecule has 0 spiro atoms. The van der Waals surface area contributed by atoms with Crippen molar-refractivity contribution in [3.8, 4) is 0 Å². The van der Waals surface area contributed by atoms with Crippen LogP contribution in [0.15, 0.2) is 47.4 Å². The molecule has 0 atom stereocenters. The minimum absolute atomic E-state index is 0.0634. The van der Waals surface area contributed by atoms with Crippen LogP contribution >= 0.6 is 11.8 Å². The maximum atomic E-state index is 12.4. The van der Waals surface area contributed by atoms with Crippen LogP contribution in [-0.2, 0) is 4.79 Å². The Morgan fingerprint density at radius 1 is 1.08 bits per heavy atom. The van der Waals surface area contributed by atoms with E-state index in [1.807, 2.05) is 37.4 Å². The van der Waals surface area contributed by atoms with Crippen LogP contribution in [0.5, 0.6) is 0 Å². The highest BCUT2D eigenvalue weighted by Gasteiger charge is 2.35. The van der Waals surface area contributed by atoms with Crippen molar-refractivity contribution < 1.29 is 14.4 Å². The van der Waals surface area contributed by atoms with Crippen molar-refractivity contribution in [1.82, 2.24) is 4.90 Å². The standard InChI is InChI=1S/C19H18N2O3S/c1-12-6-7-15-16(10-12)19(24)21(18(15)23)9-8-17(22)20-13-4-3-5-14(11-13)25-2/h3-7,10-11H,8-9H2,1-2H3,(H,20,22). The second-order valence-electron chi connectivity index (χ2n) is 5.84. The molecule has 3 amide bonds. The maximum absolute atomic E-state index is 12.4. The number of nitrogens with zero attached hydrogens (tertiary/aromatic N) is 1. The highest BCUT2D eigenvalue weighted by molar-refractivity contribution is 7.98. The Labute approximate surface area is 150 Å². The fourth-order valence-corrected chi connectivity index (χ4v) is 3.20. The second-order valence-corrected chi connectivity index (χ2v) is 6.72. The van der Waals surface area contributed by atoms with Crippen LogP contribution in [0, 0.1) is 6.92 Å². The molecule has 1 aliphatic heterocycles. The Hall–Kier alpha value is -2.60. The number of hydrogen-bond acceptors (Lipinski definition) is 4. The van der Waals surface area contributed by atoms with E-state index in [1.165, 1.54) is 0 Å². The number of carbonyl (C=O) groups excluding carboxylic acids is 3. The first-order valence-corrected chi connectivity index (χ1v) is 9.13. The van der Waals surface area contributed by atoms with Crippen molar-refractivity contribution in [2.45, 2.75) is 18.2 Å². The Kier molecular flexibility index (Phi) is 4.90. The number of nitrogens with one attached hydrogen (secondary N) is 1. The lowest BCUT2D eigenvalue weighted by atomic mass is 10.1. The molecule has 0 radical (unpaired) electrons. The van der Waals surface area contributed by atoms with Crippen molar-refractivity contribution in [2.75, 3.05) is 18.1 Å². The third kappa shape index (κ3) is 3.58. The van der Waals surface area contributed by atoms with E-state index in [4.69, 9.17) is 0 Å². The molecule has 1 aliphatic rings. The van der Waals surface area contributed by atoms with E-state index in [9.17, 15) is 14.4 Å². The zero-order chi connectivity index (χ0) is 18.0. The van der Waals surface area contributed by atoms with Crippen molar-refractivity contribution in [1.29, 1.82) is 0 Å². The molecule has 25 heavy (non-hydrogen) atoms. The van der Waals surface area contributed by atoms with Crippen LogP contribution in [0.1, 0.15) is 32.7 Å². The summed E-state index contributed by atoms with van der Waals surface area (Å²) < 4.78 is 0. The van der Waals surface area contributed by atoms with Gasteiger partial charge >= 0.3 is 0 Å². The van der Waals surface area contributed by atoms with Gasteiger partial charge in [0.2, 0.25) is 5.91 Å². The number of hydrogen-bond donors (Lipinski definition) is 1.